The number of carbonyl (C=O) groups is 4. The average Bonchev–Trinajstić information content (AvgIpc) is 3.05. The molecule has 0 heterocycles. The number of nitrogens with one attached hydrogen (secondary N) is 3. The monoisotopic (exact) mass is 617 g/mol. The van der Waals surface area contributed by atoms with Gasteiger partial charge in [0.15, 0.2) is 0 Å². The largest absolute Gasteiger partial charge is 0.459 e. The van der Waals surface area contributed by atoms with Gasteiger partial charge in [-0.1, -0.05) is 105 Å². The van der Waals surface area contributed by atoms with E-state index in [2.05, 4.69) is 16.0 Å². The first-order chi connectivity index (χ1) is 21.8. The highest BCUT2D eigenvalue weighted by molar-refractivity contribution is 5.89. The maximum atomic E-state index is 13.4. The van der Waals surface area contributed by atoms with Crippen molar-refractivity contribution in [1.82, 2.24) is 16.0 Å². The van der Waals surface area contributed by atoms with E-state index in [1.807, 2.05) is 105 Å². The normalized spacial score (nSPS) is 12.0. The van der Waals surface area contributed by atoms with Crippen molar-refractivity contribution in [2.45, 2.75) is 71.4 Å². The van der Waals surface area contributed by atoms with Gasteiger partial charge in [-0.25, -0.2) is 14.4 Å². The summed E-state index contributed by atoms with van der Waals surface area (Å²) < 4.78 is 16.1. The van der Waals surface area contributed by atoms with Gasteiger partial charge in [-0.3, -0.25) is 4.79 Å². The summed E-state index contributed by atoms with van der Waals surface area (Å²) in [4.78, 5) is 51.1. The van der Waals surface area contributed by atoms with Crippen LogP contribution in [0, 0.1) is 5.92 Å². The number of carbonyl (C=O) groups excluding carboxylic acids is 4. The van der Waals surface area contributed by atoms with Crippen LogP contribution in [0.5, 0.6) is 0 Å². The van der Waals surface area contributed by atoms with Crippen LogP contribution in [-0.4, -0.2) is 42.7 Å². The van der Waals surface area contributed by atoms with Crippen molar-refractivity contribution in [3.63, 3.8) is 0 Å². The van der Waals surface area contributed by atoms with Gasteiger partial charge >= 0.3 is 18.2 Å². The minimum absolute atomic E-state index is 0.0559. The predicted molar refractivity (Wildman–Crippen MR) is 170 cm³/mol. The number of hydrogen-bond acceptors (Lipinski definition) is 7. The Hall–Kier alpha value is -4.86. The SMILES string of the molecule is CC(C)C[C@H](NC(=O)OCc1ccccc1)C(=O)N[C@@H](CCCCNC(=O)OCc1ccccc1)C(=O)OCc1ccccc1. The minimum Gasteiger partial charge on any atom is -0.459 e. The molecule has 0 radical (unpaired) electrons. The molecule has 0 aliphatic rings. The van der Waals surface area contributed by atoms with Gasteiger partial charge in [0.1, 0.15) is 31.9 Å². The number of rotatable bonds is 17. The molecule has 3 N–H and O–H groups in total. The second-order valence-electron chi connectivity index (χ2n) is 11.0. The third kappa shape index (κ3) is 14.0. The fourth-order valence-electron chi connectivity index (χ4n) is 4.40. The minimum atomic E-state index is -0.956. The molecule has 0 saturated carbocycles. The van der Waals surface area contributed by atoms with E-state index in [0.29, 0.717) is 25.8 Å². The van der Waals surface area contributed by atoms with E-state index in [1.54, 1.807) is 0 Å². The van der Waals surface area contributed by atoms with Gasteiger partial charge in [0, 0.05) is 6.54 Å². The number of alkyl carbamates (subject to hydrolysis) is 2. The molecule has 240 valence electrons. The lowest BCUT2D eigenvalue weighted by Crippen LogP contribution is -2.52. The van der Waals surface area contributed by atoms with Crippen LogP contribution in [-0.2, 0) is 43.6 Å². The Balaban J connectivity index is 1.53. The zero-order valence-electron chi connectivity index (χ0n) is 25.9. The first kappa shape index (κ1) is 34.6. The Morgan fingerprint density at radius 1 is 0.600 bits per heavy atom. The molecule has 3 aromatic rings. The molecular formula is C35H43N3O7. The molecule has 0 bridgehead atoms. The number of benzene rings is 3. The molecule has 3 amide bonds. The summed E-state index contributed by atoms with van der Waals surface area (Å²) in [6.45, 7) is 4.48. The summed E-state index contributed by atoms with van der Waals surface area (Å²) in [5.74, 6) is -1.02. The standard InChI is InChI=1S/C35H43N3O7/c1-26(2)22-31(38-35(42)45-25-29-18-10-5-11-19-29)32(39)37-30(33(40)43-23-27-14-6-3-7-15-27)20-12-13-21-36-34(41)44-24-28-16-8-4-9-17-28/h3-11,14-19,26,30-31H,12-13,20-25H2,1-2H3,(H,36,41)(H,37,39)(H,38,42)/t30-,31-/m0/s1. The fourth-order valence-corrected chi connectivity index (χ4v) is 4.40. The van der Waals surface area contributed by atoms with Crippen molar-refractivity contribution in [3.8, 4) is 0 Å². The lowest BCUT2D eigenvalue weighted by atomic mass is 10.0. The van der Waals surface area contributed by atoms with E-state index in [0.717, 1.165) is 16.7 Å². The van der Waals surface area contributed by atoms with Gasteiger partial charge in [-0.15, -0.1) is 0 Å². The van der Waals surface area contributed by atoms with Crippen LogP contribution in [0.4, 0.5) is 9.59 Å². The zero-order chi connectivity index (χ0) is 32.3. The fraction of sp³-hybridized carbons (Fsp3) is 0.371. The summed E-state index contributed by atoms with van der Waals surface area (Å²) in [6, 6.07) is 26.0. The predicted octanol–water partition coefficient (Wildman–Crippen LogP) is 5.65. The second kappa shape index (κ2) is 19.4. The van der Waals surface area contributed by atoms with Crippen LogP contribution in [0.2, 0.25) is 0 Å². The summed E-state index contributed by atoms with van der Waals surface area (Å²) in [5, 5.41) is 8.13. The van der Waals surface area contributed by atoms with Crippen LogP contribution in [0.15, 0.2) is 91.0 Å². The van der Waals surface area contributed by atoms with Crippen molar-refractivity contribution < 1.29 is 33.4 Å². The van der Waals surface area contributed by atoms with Gasteiger partial charge in [-0.2, -0.15) is 0 Å². The van der Waals surface area contributed by atoms with E-state index in [4.69, 9.17) is 14.2 Å². The van der Waals surface area contributed by atoms with Crippen molar-refractivity contribution >= 4 is 24.1 Å². The molecule has 2 atom stereocenters. The first-order valence-corrected chi connectivity index (χ1v) is 15.2. The second-order valence-corrected chi connectivity index (χ2v) is 11.0. The Bertz CT molecular complexity index is 1320. The maximum Gasteiger partial charge on any atom is 0.408 e. The van der Waals surface area contributed by atoms with E-state index in [-0.39, 0.29) is 32.2 Å². The smallest absolute Gasteiger partial charge is 0.408 e. The van der Waals surface area contributed by atoms with Crippen LogP contribution < -0.4 is 16.0 Å². The van der Waals surface area contributed by atoms with E-state index in [9.17, 15) is 19.2 Å². The molecule has 0 aromatic heterocycles. The summed E-state index contributed by atoms with van der Waals surface area (Å²) in [5.41, 5.74) is 2.52. The average molecular weight is 618 g/mol. The van der Waals surface area contributed by atoms with Gasteiger partial charge < -0.3 is 30.2 Å². The number of unbranched alkanes of at least 4 members (excludes halogenated alkanes) is 1. The Labute approximate surface area is 264 Å². The molecule has 10 nitrogen and oxygen atoms in total. The molecule has 10 heteroatoms. The van der Waals surface area contributed by atoms with Gasteiger partial charge in [0.2, 0.25) is 5.91 Å². The molecule has 3 aromatic carbocycles. The number of esters is 1. The van der Waals surface area contributed by atoms with E-state index < -0.39 is 36.1 Å². The van der Waals surface area contributed by atoms with Gasteiger partial charge in [0.05, 0.1) is 0 Å². The molecule has 3 rings (SSSR count). The van der Waals surface area contributed by atoms with Crippen molar-refractivity contribution in [3.05, 3.63) is 108 Å². The Kier molecular flexibility index (Phi) is 14.9. The van der Waals surface area contributed by atoms with Gasteiger partial charge in [-0.05, 0) is 48.3 Å². The van der Waals surface area contributed by atoms with Crippen molar-refractivity contribution in [2.24, 2.45) is 5.92 Å². The van der Waals surface area contributed by atoms with Crippen LogP contribution in [0.25, 0.3) is 0 Å². The molecule has 0 spiro atoms. The van der Waals surface area contributed by atoms with Gasteiger partial charge in [0.25, 0.3) is 0 Å². The van der Waals surface area contributed by atoms with E-state index in [1.165, 1.54) is 0 Å². The highest BCUT2D eigenvalue weighted by Gasteiger charge is 2.28. The third-order valence-electron chi connectivity index (χ3n) is 6.76. The quantitative estimate of drug-likeness (QED) is 0.101. The van der Waals surface area contributed by atoms with Crippen molar-refractivity contribution in [1.29, 1.82) is 0 Å². The molecule has 0 aliphatic heterocycles. The van der Waals surface area contributed by atoms with E-state index >= 15 is 0 Å². The first-order valence-electron chi connectivity index (χ1n) is 15.2. The van der Waals surface area contributed by atoms with Crippen LogP contribution in [0.1, 0.15) is 56.2 Å². The maximum absolute atomic E-state index is 13.4. The number of amides is 3. The molecule has 45 heavy (non-hydrogen) atoms. The van der Waals surface area contributed by atoms with Crippen LogP contribution >= 0.6 is 0 Å². The number of ether oxygens (including phenoxy) is 3. The van der Waals surface area contributed by atoms with Crippen LogP contribution in [0.3, 0.4) is 0 Å². The topological polar surface area (TPSA) is 132 Å². The molecule has 0 fully saturated rings. The molecule has 0 saturated heterocycles. The Morgan fingerprint density at radius 3 is 1.60 bits per heavy atom. The lowest BCUT2D eigenvalue weighted by Gasteiger charge is -2.23. The molecular weight excluding hydrogens is 574 g/mol. The number of hydrogen-bond donors (Lipinski definition) is 3. The third-order valence-corrected chi connectivity index (χ3v) is 6.76. The molecule has 0 unspecified atom stereocenters. The summed E-state index contributed by atoms with van der Waals surface area (Å²) in [7, 11) is 0. The summed E-state index contributed by atoms with van der Waals surface area (Å²) >= 11 is 0. The molecule has 0 aliphatic carbocycles. The lowest BCUT2D eigenvalue weighted by molar-refractivity contribution is -0.149. The highest BCUT2D eigenvalue weighted by Crippen LogP contribution is 2.11. The Morgan fingerprint density at radius 2 is 1.09 bits per heavy atom. The summed E-state index contributed by atoms with van der Waals surface area (Å²) in [6.07, 6.45) is 0.394. The zero-order valence-corrected chi connectivity index (χ0v) is 25.9. The van der Waals surface area contributed by atoms with Crippen molar-refractivity contribution in [2.75, 3.05) is 6.54 Å². The highest BCUT2D eigenvalue weighted by atomic mass is 16.6.